The van der Waals surface area contributed by atoms with Gasteiger partial charge in [0, 0.05) is 0 Å². The summed E-state index contributed by atoms with van der Waals surface area (Å²) in [4.78, 5) is 0. The molecule has 0 saturated heterocycles. The zero-order valence-corrected chi connectivity index (χ0v) is 10.3. The summed E-state index contributed by atoms with van der Waals surface area (Å²) in [6, 6.07) is 6.97. The molecule has 0 unspecified atom stereocenters. The van der Waals surface area contributed by atoms with Gasteiger partial charge >= 0.3 is 6.18 Å². The van der Waals surface area contributed by atoms with Crippen LogP contribution in [-0.2, 0) is 6.18 Å². The molecule has 21 heavy (non-hydrogen) atoms. The van der Waals surface area contributed by atoms with Gasteiger partial charge in [0.25, 0.3) is 0 Å². The van der Waals surface area contributed by atoms with Gasteiger partial charge < -0.3 is 5.32 Å². The van der Waals surface area contributed by atoms with E-state index in [2.05, 4.69) is 5.32 Å². The Balaban J connectivity index is 2.44. The van der Waals surface area contributed by atoms with Crippen LogP contribution in [0.2, 0.25) is 0 Å². The molecule has 1 N–H and O–H groups in total. The Morgan fingerprint density at radius 3 is 2.14 bits per heavy atom. The molecule has 2 rings (SSSR count). The number of rotatable bonds is 2. The van der Waals surface area contributed by atoms with Crippen molar-refractivity contribution in [2.75, 3.05) is 5.32 Å². The fourth-order valence-electron chi connectivity index (χ4n) is 1.67. The van der Waals surface area contributed by atoms with Crippen LogP contribution < -0.4 is 5.32 Å². The molecule has 0 atom stereocenters. The number of halogens is 5. The van der Waals surface area contributed by atoms with Crippen LogP contribution in [0.3, 0.4) is 0 Å². The molecule has 0 aliphatic carbocycles. The van der Waals surface area contributed by atoms with Crippen molar-refractivity contribution in [3.63, 3.8) is 0 Å². The number of hydrogen-bond donors (Lipinski definition) is 1. The first kappa shape index (κ1) is 14.8. The molecule has 2 nitrogen and oxygen atoms in total. The second-order valence-corrected chi connectivity index (χ2v) is 4.09. The predicted molar refractivity (Wildman–Crippen MR) is 65.8 cm³/mol. The SMILES string of the molecule is N#Cc1cc(C(F)(F)F)ccc1Nc1c(F)cccc1F. The second-order valence-electron chi connectivity index (χ2n) is 4.09. The molecule has 0 saturated carbocycles. The third kappa shape index (κ3) is 3.11. The molecule has 2 aromatic carbocycles. The van der Waals surface area contributed by atoms with Crippen molar-refractivity contribution < 1.29 is 22.0 Å². The maximum Gasteiger partial charge on any atom is 0.416 e. The van der Waals surface area contributed by atoms with E-state index < -0.39 is 29.1 Å². The number of anilines is 2. The van der Waals surface area contributed by atoms with Crippen LogP contribution in [0.15, 0.2) is 36.4 Å². The van der Waals surface area contributed by atoms with Crippen molar-refractivity contribution >= 4 is 11.4 Å². The highest BCUT2D eigenvalue weighted by Gasteiger charge is 2.31. The number of alkyl halides is 3. The molecule has 0 aliphatic rings. The average Bonchev–Trinajstić information content (AvgIpc) is 2.42. The number of nitriles is 1. The van der Waals surface area contributed by atoms with Gasteiger partial charge in [-0.1, -0.05) is 6.07 Å². The Bertz CT molecular complexity index is 696. The van der Waals surface area contributed by atoms with Gasteiger partial charge in [0.2, 0.25) is 0 Å². The Hall–Kier alpha value is -2.62. The molecular formula is C14H7F5N2. The van der Waals surface area contributed by atoms with Crippen LogP contribution in [0.1, 0.15) is 11.1 Å². The molecule has 2 aromatic rings. The molecule has 0 aliphatic heterocycles. The molecule has 0 fully saturated rings. The van der Waals surface area contributed by atoms with Crippen molar-refractivity contribution in [1.82, 2.24) is 0 Å². The van der Waals surface area contributed by atoms with Gasteiger partial charge in [-0.3, -0.25) is 0 Å². The first-order chi connectivity index (χ1) is 9.82. The lowest BCUT2D eigenvalue weighted by Crippen LogP contribution is -2.06. The number of nitrogens with one attached hydrogen (secondary N) is 1. The molecule has 0 heterocycles. The lowest BCUT2D eigenvalue weighted by molar-refractivity contribution is -0.137. The highest BCUT2D eigenvalue weighted by atomic mass is 19.4. The summed E-state index contributed by atoms with van der Waals surface area (Å²) < 4.78 is 64.6. The fourth-order valence-corrected chi connectivity index (χ4v) is 1.67. The molecule has 0 aromatic heterocycles. The first-order valence-corrected chi connectivity index (χ1v) is 5.65. The lowest BCUT2D eigenvalue weighted by atomic mass is 10.1. The zero-order chi connectivity index (χ0) is 15.6. The predicted octanol–water partition coefficient (Wildman–Crippen LogP) is 4.60. The quantitative estimate of drug-likeness (QED) is 0.822. The number of nitrogens with zero attached hydrogens (tertiary/aromatic N) is 1. The van der Waals surface area contributed by atoms with E-state index in [1.807, 2.05) is 0 Å². The van der Waals surface area contributed by atoms with Crippen molar-refractivity contribution in [3.8, 4) is 6.07 Å². The van der Waals surface area contributed by atoms with Crippen LogP contribution in [0.4, 0.5) is 33.3 Å². The van der Waals surface area contributed by atoms with Gasteiger partial charge in [-0.05, 0) is 30.3 Å². The van der Waals surface area contributed by atoms with E-state index in [9.17, 15) is 22.0 Å². The van der Waals surface area contributed by atoms with Gasteiger partial charge in [0.15, 0.2) is 0 Å². The van der Waals surface area contributed by atoms with Crippen LogP contribution in [-0.4, -0.2) is 0 Å². The Labute approximate surface area is 116 Å². The van der Waals surface area contributed by atoms with Gasteiger partial charge in [-0.25, -0.2) is 8.78 Å². The molecular weight excluding hydrogens is 291 g/mol. The van der Waals surface area contributed by atoms with Crippen molar-refractivity contribution in [2.24, 2.45) is 0 Å². The molecule has 7 heteroatoms. The monoisotopic (exact) mass is 298 g/mol. The van der Waals surface area contributed by atoms with E-state index in [-0.39, 0.29) is 11.3 Å². The maximum absolute atomic E-state index is 13.5. The second kappa shape index (κ2) is 5.40. The molecule has 0 bridgehead atoms. The molecule has 0 radical (unpaired) electrons. The largest absolute Gasteiger partial charge is 0.416 e. The highest BCUT2D eigenvalue weighted by molar-refractivity contribution is 5.67. The zero-order valence-electron chi connectivity index (χ0n) is 10.3. The number of hydrogen-bond acceptors (Lipinski definition) is 2. The van der Waals surface area contributed by atoms with E-state index >= 15 is 0 Å². The summed E-state index contributed by atoms with van der Waals surface area (Å²) in [7, 11) is 0. The summed E-state index contributed by atoms with van der Waals surface area (Å²) in [5.74, 6) is -1.84. The Kier molecular flexibility index (Phi) is 3.80. The first-order valence-electron chi connectivity index (χ1n) is 5.65. The average molecular weight is 298 g/mol. The van der Waals surface area contributed by atoms with Crippen molar-refractivity contribution in [1.29, 1.82) is 5.26 Å². The maximum atomic E-state index is 13.5. The van der Waals surface area contributed by atoms with Crippen molar-refractivity contribution in [3.05, 3.63) is 59.2 Å². The molecule has 0 amide bonds. The summed E-state index contributed by atoms with van der Waals surface area (Å²) in [5, 5.41) is 11.2. The minimum Gasteiger partial charge on any atom is -0.350 e. The third-order valence-corrected chi connectivity index (χ3v) is 2.69. The molecule has 0 spiro atoms. The van der Waals surface area contributed by atoms with E-state index in [4.69, 9.17) is 5.26 Å². The minimum absolute atomic E-state index is 0.116. The normalized spacial score (nSPS) is 11.0. The van der Waals surface area contributed by atoms with E-state index in [1.165, 1.54) is 0 Å². The minimum atomic E-state index is -4.60. The van der Waals surface area contributed by atoms with E-state index in [0.717, 1.165) is 30.3 Å². The topological polar surface area (TPSA) is 35.8 Å². The number of para-hydroxylation sites is 1. The van der Waals surface area contributed by atoms with E-state index in [1.54, 1.807) is 6.07 Å². The fraction of sp³-hybridized carbons (Fsp3) is 0.0714. The summed E-state index contributed by atoms with van der Waals surface area (Å²) >= 11 is 0. The standard InChI is InChI=1S/C14H7F5N2/c15-10-2-1-3-11(16)13(10)21-12-5-4-9(14(17,18)19)6-8(12)7-20/h1-6,21H. The summed E-state index contributed by atoms with van der Waals surface area (Å²) in [5.41, 5.74) is -2.03. The van der Waals surface area contributed by atoms with E-state index in [0.29, 0.717) is 6.07 Å². The van der Waals surface area contributed by atoms with Gasteiger partial charge in [-0.15, -0.1) is 0 Å². The Morgan fingerprint density at radius 1 is 1.00 bits per heavy atom. The van der Waals surface area contributed by atoms with Crippen LogP contribution in [0.5, 0.6) is 0 Å². The molecule has 108 valence electrons. The van der Waals surface area contributed by atoms with Gasteiger partial charge in [0.1, 0.15) is 23.4 Å². The van der Waals surface area contributed by atoms with Crippen molar-refractivity contribution in [2.45, 2.75) is 6.18 Å². The number of benzene rings is 2. The van der Waals surface area contributed by atoms with Crippen LogP contribution >= 0.6 is 0 Å². The van der Waals surface area contributed by atoms with Gasteiger partial charge in [0.05, 0.1) is 16.8 Å². The van der Waals surface area contributed by atoms with Gasteiger partial charge in [-0.2, -0.15) is 18.4 Å². The highest BCUT2D eigenvalue weighted by Crippen LogP contribution is 2.33. The Morgan fingerprint density at radius 2 is 1.62 bits per heavy atom. The van der Waals surface area contributed by atoms with Crippen LogP contribution in [0, 0.1) is 23.0 Å². The summed E-state index contributed by atoms with van der Waals surface area (Å²) in [6.45, 7) is 0. The smallest absolute Gasteiger partial charge is 0.350 e. The lowest BCUT2D eigenvalue weighted by Gasteiger charge is -2.12. The van der Waals surface area contributed by atoms with Crippen LogP contribution in [0.25, 0.3) is 0 Å². The third-order valence-electron chi connectivity index (χ3n) is 2.69. The summed E-state index contributed by atoms with van der Waals surface area (Å²) in [6.07, 6.45) is -4.60.